The molecule has 1 aliphatic rings. The van der Waals surface area contributed by atoms with E-state index >= 15 is 0 Å². The first-order valence-corrected chi connectivity index (χ1v) is 7.46. The Balaban J connectivity index is 1.82. The van der Waals surface area contributed by atoms with Gasteiger partial charge in [-0.2, -0.15) is 0 Å². The first kappa shape index (κ1) is 14.8. The Morgan fingerprint density at radius 3 is 3.09 bits per heavy atom. The number of fused-ring (bicyclic) bond motifs is 1. The number of hydrogen-bond donors (Lipinski definition) is 0. The van der Waals surface area contributed by atoms with E-state index in [-0.39, 0.29) is 17.6 Å². The van der Waals surface area contributed by atoms with Crippen molar-refractivity contribution in [3.63, 3.8) is 0 Å². The van der Waals surface area contributed by atoms with Crippen LogP contribution in [0.3, 0.4) is 0 Å². The number of carbonyl (C=O) groups is 1. The van der Waals surface area contributed by atoms with E-state index in [2.05, 4.69) is 14.7 Å². The number of hydrogen-bond acceptors (Lipinski definition) is 5. The van der Waals surface area contributed by atoms with Gasteiger partial charge in [-0.1, -0.05) is 5.16 Å². The second-order valence-corrected chi connectivity index (χ2v) is 5.58. The fourth-order valence-corrected chi connectivity index (χ4v) is 2.72. The summed E-state index contributed by atoms with van der Waals surface area (Å²) in [4.78, 5) is 18.6. The Labute approximate surface area is 128 Å². The summed E-state index contributed by atoms with van der Waals surface area (Å²) in [5, 5.41) is 3.79. The lowest BCUT2D eigenvalue weighted by Gasteiger charge is -2.22. The molecule has 22 heavy (non-hydrogen) atoms. The predicted molar refractivity (Wildman–Crippen MR) is 78.2 cm³/mol. The van der Waals surface area contributed by atoms with E-state index in [0.29, 0.717) is 32.0 Å². The maximum absolute atomic E-state index is 12.6. The Morgan fingerprint density at radius 1 is 1.50 bits per heavy atom. The van der Waals surface area contributed by atoms with Gasteiger partial charge in [-0.05, 0) is 13.8 Å². The van der Waals surface area contributed by atoms with Crippen LogP contribution in [0.25, 0.3) is 0 Å². The molecule has 3 rings (SSSR count). The van der Waals surface area contributed by atoms with Gasteiger partial charge in [-0.3, -0.25) is 4.79 Å². The van der Waals surface area contributed by atoms with Crippen LogP contribution >= 0.6 is 0 Å². The quantitative estimate of drug-likeness (QED) is 0.855. The summed E-state index contributed by atoms with van der Waals surface area (Å²) in [5.74, 6) is 0.362. The number of ether oxygens (including phenoxy) is 1. The van der Waals surface area contributed by atoms with Crippen LogP contribution < -0.4 is 0 Å². The van der Waals surface area contributed by atoms with Crippen molar-refractivity contribution < 1.29 is 14.1 Å². The number of amides is 1. The standard InChI is InChI=1S/C15H20N4O3/c1-3-21-9-12-6-18(8-13-5-16-10-19(13)7-12)15(20)14-4-11(2)17-22-14/h4-5,10,12H,3,6-9H2,1-2H3/t12-/m0/s1. The third kappa shape index (κ3) is 3.04. The van der Waals surface area contributed by atoms with Crippen LogP contribution in [0.2, 0.25) is 0 Å². The van der Waals surface area contributed by atoms with Gasteiger partial charge in [0.2, 0.25) is 5.76 Å². The third-order valence-electron chi connectivity index (χ3n) is 3.77. The van der Waals surface area contributed by atoms with Gasteiger partial charge in [0.1, 0.15) is 0 Å². The molecule has 1 atom stereocenters. The minimum absolute atomic E-state index is 0.142. The van der Waals surface area contributed by atoms with E-state index in [1.54, 1.807) is 30.4 Å². The molecule has 1 amide bonds. The number of nitrogens with zero attached hydrogens (tertiary/aromatic N) is 4. The first-order chi connectivity index (χ1) is 10.7. The summed E-state index contributed by atoms with van der Waals surface area (Å²) in [6.45, 7) is 7.00. The maximum atomic E-state index is 12.6. The highest BCUT2D eigenvalue weighted by atomic mass is 16.5. The first-order valence-electron chi connectivity index (χ1n) is 7.46. The monoisotopic (exact) mass is 304 g/mol. The molecule has 0 spiro atoms. The summed E-state index contributed by atoms with van der Waals surface area (Å²) in [6.07, 6.45) is 3.61. The molecule has 0 saturated heterocycles. The van der Waals surface area contributed by atoms with Crippen LogP contribution in [0.1, 0.15) is 28.9 Å². The maximum Gasteiger partial charge on any atom is 0.292 e. The van der Waals surface area contributed by atoms with Gasteiger partial charge in [-0.15, -0.1) is 0 Å². The fourth-order valence-electron chi connectivity index (χ4n) is 2.72. The number of carbonyl (C=O) groups excluding carboxylic acids is 1. The molecule has 0 aromatic carbocycles. The van der Waals surface area contributed by atoms with Crippen molar-refractivity contribution in [3.05, 3.63) is 35.7 Å². The highest BCUT2D eigenvalue weighted by Gasteiger charge is 2.27. The van der Waals surface area contributed by atoms with Crippen LogP contribution in [-0.4, -0.2) is 45.3 Å². The topological polar surface area (TPSA) is 73.4 Å². The van der Waals surface area contributed by atoms with E-state index in [9.17, 15) is 4.79 Å². The molecule has 0 fully saturated rings. The van der Waals surface area contributed by atoms with Crippen LogP contribution in [-0.2, 0) is 17.8 Å². The molecule has 0 bridgehead atoms. The van der Waals surface area contributed by atoms with Crippen molar-refractivity contribution in [1.29, 1.82) is 0 Å². The predicted octanol–water partition coefficient (Wildman–Crippen LogP) is 1.49. The Hall–Kier alpha value is -2.15. The fraction of sp³-hybridized carbons (Fsp3) is 0.533. The van der Waals surface area contributed by atoms with E-state index in [1.807, 2.05) is 6.92 Å². The second kappa shape index (κ2) is 6.31. The molecular formula is C15H20N4O3. The molecule has 0 aliphatic carbocycles. The van der Waals surface area contributed by atoms with Crippen molar-refractivity contribution >= 4 is 5.91 Å². The minimum atomic E-state index is -0.142. The Bertz CT molecular complexity index is 649. The van der Waals surface area contributed by atoms with E-state index in [0.717, 1.165) is 12.2 Å². The molecule has 2 aromatic rings. The molecule has 7 heteroatoms. The van der Waals surface area contributed by atoms with Gasteiger partial charge in [0.25, 0.3) is 5.91 Å². The molecule has 2 aromatic heterocycles. The number of aromatic nitrogens is 3. The lowest BCUT2D eigenvalue weighted by molar-refractivity contribution is 0.0585. The molecule has 0 radical (unpaired) electrons. The van der Waals surface area contributed by atoms with Crippen LogP contribution in [0.15, 0.2) is 23.1 Å². The van der Waals surface area contributed by atoms with Gasteiger partial charge in [0, 0.05) is 37.9 Å². The molecule has 118 valence electrons. The van der Waals surface area contributed by atoms with E-state index < -0.39 is 0 Å². The summed E-state index contributed by atoms with van der Waals surface area (Å²) < 4.78 is 12.7. The lowest BCUT2D eigenvalue weighted by atomic mass is 10.1. The number of aryl methyl sites for hydroxylation is 1. The number of imidazole rings is 1. The zero-order valence-corrected chi connectivity index (χ0v) is 12.9. The molecule has 0 N–H and O–H groups in total. The normalized spacial score (nSPS) is 18.1. The average Bonchev–Trinajstić information content (AvgIpc) is 3.09. The summed E-state index contributed by atoms with van der Waals surface area (Å²) in [6, 6.07) is 1.67. The molecule has 0 saturated carbocycles. The zero-order chi connectivity index (χ0) is 15.5. The van der Waals surface area contributed by atoms with Crippen molar-refractivity contribution in [2.24, 2.45) is 5.92 Å². The number of rotatable bonds is 4. The highest BCUT2D eigenvalue weighted by molar-refractivity contribution is 5.91. The average molecular weight is 304 g/mol. The van der Waals surface area contributed by atoms with Gasteiger partial charge < -0.3 is 18.7 Å². The molecular weight excluding hydrogens is 284 g/mol. The van der Waals surface area contributed by atoms with Crippen LogP contribution in [0.5, 0.6) is 0 Å². The highest BCUT2D eigenvalue weighted by Crippen LogP contribution is 2.19. The van der Waals surface area contributed by atoms with Crippen LogP contribution in [0, 0.1) is 12.8 Å². The third-order valence-corrected chi connectivity index (χ3v) is 3.77. The summed E-state index contributed by atoms with van der Waals surface area (Å²) >= 11 is 0. The Morgan fingerprint density at radius 2 is 2.36 bits per heavy atom. The van der Waals surface area contributed by atoms with E-state index in [4.69, 9.17) is 9.26 Å². The minimum Gasteiger partial charge on any atom is -0.381 e. The van der Waals surface area contributed by atoms with Crippen molar-refractivity contribution in [2.45, 2.75) is 26.9 Å². The Kier molecular flexibility index (Phi) is 4.24. The van der Waals surface area contributed by atoms with Gasteiger partial charge in [-0.25, -0.2) is 4.98 Å². The zero-order valence-electron chi connectivity index (χ0n) is 12.9. The lowest BCUT2D eigenvalue weighted by Crippen LogP contribution is -2.35. The second-order valence-electron chi connectivity index (χ2n) is 5.58. The molecule has 0 unspecified atom stereocenters. The van der Waals surface area contributed by atoms with Crippen molar-refractivity contribution in [2.75, 3.05) is 19.8 Å². The smallest absolute Gasteiger partial charge is 0.292 e. The van der Waals surface area contributed by atoms with Crippen molar-refractivity contribution in [3.8, 4) is 0 Å². The van der Waals surface area contributed by atoms with E-state index in [1.165, 1.54) is 0 Å². The van der Waals surface area contributed by atoms with Gasteiger partial charge in [0.05, 0.1) is 30.9 Å². The molecule has 1 aliphatic heterocycles. The van der Waals surface area contributed by atoms with Crippen LogP contribution in [0.4, 0.5) is 0 Å². The molecule has 3 heterocycles. The largest absolute Gasteiger partial charge is 0.381 e. The summed E-state index contributed by atoms with van der Waals surface area (Å²) in [7, 11) is 0. The summed E-state index contributed by atoms with van der Waals surface area (Å²) in [5.41, 5.74) is 1.72. The van der Waals surface area contributed by atoms with Gasteiger partial charge in [0.15, 0.2) is 0 Å². The molecule has 7 nitrogen and oxygen atoms in total. The van der Waals surface area contributed by atoms with Crippen molar-refractivity contribution in [1.82, 2.24) is 19.6 Å². The van der Waals surface area contributed by atoms with Gasteiger partial charge >= 0.3 is 0 Å². The SMILES string of the molecule is CCOC[C@H]1CN(C(=O)c2cc(C)no2)Cc2cncn2C1.